The van der Waals surface area contributed by atoms with Gasteiger partial charge in [0.15, 0.2) is 0 Å². The molecule has 0 radical (unpaired) electrons. The van der Waals surface area contributed by atoms with Crippen LogP contribution in [0.1, 0.15) is 22.8 Å². The standard InChI is InChI=1S/C14H14N2O3/c1-2-9-3-5-11(6-4-9)19-13-12(15)7-10(8-16-13)14(17)18/h3-8H,2,15H2,1H3,(H,17,18). The maximum atomic E-state index is 10.8. The van der Waals surface area contributed by atoms with Gasteiger partial charge in [-0.25, -0.2) is 9.78 Å². The van der Waals surface area contributed by atoms with E-state index in [1.807, 2.05) is 24.3 Å². The second-order valence-electron chi connectivity index (χ2n) is 4.02. The molecule has 0 unspecified atom stereocenters. The normalized spacial score (nSPS) is 10.2. The van der Waals surface area contributed by atoms with E-state index < -0.39 is 5.97 Å². The van der Waals surface area contributed by atoms with Gasteiger partial charge in [0.2, 0.25) is 5.88 Å². The molecule has 0 aliphatic heterocycles. The van der Waals surface area contributed by atoms with Gasteiger partial charge in [-0.05, 0) is 30.2 Å². The van der Waals surface area contributed by atoms with Gasteiger partial charge in [0.25, 0.3) is 0 Å². The van der Waals surface area contributed by atoms with Gasteiger partial charge in [-0.15, -0.1) is 0 Å². The van der Waals surface area contributed by atoms with E-state index >= 15 is 0 Å². The van der Waals surface area contributed by atoms with Crippen LogP contribution in [0.4, 0.5) is 5.69 Å². The van der Waals surface area contributed by atoms with Crippen molar-refractivity contribution in [1.82, 2.24) is 4.98 Å². The first-order valence-corrected chi connectivity index (χ1v) is 5.85. The van der Waals surface area contributed by atoms with Crippen LogP contribution < -0.4 is 10.5 Å². The summed E-state index contributed by atoms with van der Waals surface area (Å²) in [5.74, 6) is -0.258. The van der Waals surface area contributed by atoms with Crippen LogP contribution in [0.3, 0.4) is 0 Å². The molecular formula is C14H14N2O3. The van der Waals surface area contributed by atoms with Crippen molar-refractivity contribution >= 4 is 11.7 Å². The zero-order valence-electron chi connectivity index (χ0n) is 10.5. The molecule has 0 bridgehead atoms. The molecule has 19 heavy (non-hydrogen) atoms. The third-order valence-electron chi connectivity index (χ3n) is 2.67. The minimum atomic E-state index is -1.07. The number of aromatic carboxylic acids is 1. The van der Waals surface area contributed by atoms with Gasteiger partial charge in [0.05, 0.1) is 11.3 Å². The summed E-state index contributed by atoms with van der Waals surface area (Å²) >= 11 is 0. The molecular weight excluding hydrogens is 244 g/mol. The number of anilines is 1. The van der Waals surface area contributed by atoms with E-state index in [-0.39, 0.29) is 17.1 Å². The predicted molar refractivity (Wildman–Crippen MR) is 71.5 cm³/mol. The number of aromatic nitrogens is 1. The summed E-state index contributed by atoms with van der Waals surface area (Å²) in [7, 11) is 0. The molecule has 1 aromatic heterocycles. The van der Waals surface area contributed by atoms with Crippen molar-refractivity contribution in [2.75, 3.05) is 5.73 Å². The maximum absolute atomic E-state index is 10.8. The summed E-state index contributed by atoms with van der Waals surface area (Å²) < 4.78 is 5.51. The van der Waals surface area contributed by atoms with Gasteiger partial charge < -0.3 is 15.6 Å². The minimum Gasteiger partial charge on any atom is -0.478 e. The number of carboxylic acid groups (broad SMARTS) is 1. The van der Waals surface area contributed by atoms with Crippen LogP contribution in [-0.4, -0.2) is 16.1 Å². The Morgan fingerprint density at radius 2 is 2.05 bits per heavy atom. The largest absolute Gasteiger partial charge is 0.478 e. The van der Waals surface area contributed by atoms with E-state index in [9.17, 15) is 4.79 Å². The number of aryl methyl sites for hydroxylation is 1. The Morgan fingerprint density at radius 1 is 1.37 bits per heavy atom. The fourth-order valence-electron chi connectivity index (χ4n) is 1.58. The van der Waals surface area contributed by atoms with Crippen molar-refractivity contribution in [3.05, 3.63) is 47.7 Å². The lowest BCUT2D eigenvalue weighted by Crippen LogP contribution is -2.01. The van der Waals surface area contributed by atoms with E-state index in [2.05, 4.69) is 11.9 Å². The number of nitrogens with zero attached hydrogens (tertiary/aromatic N) is 1. The number of nitrogens with two attached hydrogens (primary N) is 1. The molecule has 1 heterocycles. The summed E-state index contributed by atoms with van der Waals surface area (Å²) in [4.78, 5) is 14.7. The summed E-state index contributed by atoms with van der Waals surface area (Å²) in [5, 5.41) is 8.81. The average Bonchev–Trinajstić information content (AvgIpc) is 2.41. The number of pyridine rings is 1. The molecule has 98 valence electrons. The fourth-order valence-corrected chi connectivity index (χ4v) is 1.58. The van der Waals surface area contributed by atoms with E-state index in [0.717, 1.165) is 6.42 Å². The lowest BCUT2D eigenvalue weighted by molar-refractivity contribution is 0.0696. The zero-order chi connectivity index (χ0) is 13.8. The number of nitrogen functional groups attached to an aromatic ring is 1. The number of benzene rings is 1. The number of carbonyl (C=O) groups is 1. The van der Waals surface area contributed by atoms with Crippen LogP contribution in [0.5, 0.6) is 11.6 Å². The van der Waals surface area contributed by atoms with Crippen molar-refractivity contribution in [2.45, 2.75) is 13.3 Å². The lowest BCUT2D eigenvalue weighted by Gasteiger charge is -2.08. The molecule has 0 aliphatic rings. The zero-order valence-corrected chi connectivity index (χ0v) is 10.5. The summed E-state index contributed by atoms with van der Waals surface area (Å²) in [6.07, 6.45) is 2.17. The van der Waals surface area contributed by atoms with Gasteiger partial charge in [-0.3, -0.25) is 0 Å². The molecule has 2 rings (SSSR count). The van der Waals surface area contributed by atoms with Crippen molar-refractivity contribution in [1.29, 1.82) is 0 Å². The average molecular weight is 258 g/mol. The first-order chi connectivity index (χ1) is 9.10. The predicted octanol–water partition coefficient (Wildman–Crippen LogP) is 2.72. The number of hydrogen-bond donors (Lipinski definition) is 2. The van der Waals surface area contributed by atoms with Gasteiger partial charge in [0.1, 0.15) is 5.75 Å². The van der Waals surface area contributed by atoms with E-state index in [0.29, 0.717) is 5.75 Å². The molecule has 0 fully saturated rings. The highest BCUT2D eigenvalue weighted by Gasteiger charge is 2.09. The lowest BCUT2D eigenvalue weighted by atomic mass is 10.2. The molecule has 0 atom stereocenters. The molecule has 0 aliphatic carbocycles. The molecule has 1 aromatic carbocycles. The van der Waals surface area contributed by atoms with Crippen LogP contribution in [0.2, 0.25) is 0 Å². The van der Waals surface area contributed by atoms with Crippen molar-refractivity contribution in [3.8, 4) is 11.6 Å². The van der Waals surface area contributed by atoms with Gasteiger partial charge >= 0.3 is 5.97 Å². The van der Waals surface area contributed by atoms with Gasteiger partial charge in [0, 0.05) is 6.20 Å². The quantitative estimate of drug-likeness (QED) is 0.880. The third kappa shape index (κ3) is 3.01. The first kappa shape index (κ1) is 12.9. The minimum absolute atomic E-state index is 0.0335. The number of hydrogen-bond acceptors (Lipinski definition) is 4. The Bertz CT molecular complexity index is 594. The van der Waals surface area contributed by atoms with Crippen molar-refractivity contribution in [3.63, 3.8) is 0 Å². The highest BCUT2D eigenvalue weighted by Crippen LogP contribution is 2.25. The molecule has 5 nitrogen and oxygen atoms in total. The Balaban J connectivity index is 2.20. The van der Waals surface area contributed by atoms with Crippen LogP contribution in [0.15, 0.2) is 36.5 Å². The molecule has 2 aromatic rings. The van der Waals surface area contributed by atoms with E-state index in [4.69, 9.17) is 15.6 Å². The van der Waals surface area contributed by atoms with E-state index in [1.54, 1.807) is 0 Å². The summed E-state index contributed by atoms with van der Waals surface area (Å²) in [6, 6.07) is 8.88. The molecule has 0 amide bonds. The Hall–Kier alpha value is -2.56. The molecule has 0 saturated carbocycles. The Morgan fingerprint density at radius 3 is 2.58 bits per heavy atom. The highest BCUT2D eigenvalue weighted by molar-refractivity contribution is 5.88. The Labute approximate surface area is 110 Å². The van der Waals surface area contributed by atoms with Crippen molar-refractivity contribution < 1.29 is 14.6 Å². The van der Waals surface area contributed by atoms with Crippen LogP contribution in [0, 0.1) is 0 Å². The number of ether oxygens (including phenoxy) is 1. The topological polar surface area (TPSA) is 85.4 Å². The van der Waals surface area contributed by atoms with Crippen LogP contribution in [-0.2, 0) is 6.42 Å². The molecule has 0 saturated heterocycles. The SMILES string of the molecule is CCc1ccc(Oc2ncc(C(=O)O)cc2N)cc1. The van der Waals surface area contributed by atoms with Gasteiger partial charge in [-0.2, -0.15) is 0 Å². The monoisotopic (exact) mass is 258 g/mol. The fraction of sp³-hybridized carbons (Fsp3) is 0.143. The summed E-state index contributed by atoms with van der Waals surface area (Å²) in [6.45, 7) is 2.07. The van der Waals surface area contributed by atoms with Gasteiger partial charge in [-0.1, -0.05) is 19.1 Å². The van der Waals surface area contributed by atoms with Crippen LogP contribution in [0.25, 0.3) is 0 Å². The molecule has 0 spiro atoms. The smallest absolute Gasteiger partial charge is 0.337 e. The second kappa shape index (κ2) is 5.39. The Kier molecular flexibility index (Phi) is 3.66. The number of carboxylic acids is 1. The first-order valence-electron chi connectivity index (χ1n) is 5.85. The molecule has 5 heteroatoms. The third-order valence-corrected chi connectivity index (χ3v) is 2.67. The second-order valence-corrected chi connectivity index (χ2v) is 4.02. The molecule has 3 N–H and O–H groups in total. The van der Waals surface area contributed by atoms with Crippen molar-refractivity contribution in [2.24, 2.45) is 0 Å². The van der Waals surface area contributed by atoms with Crippen LogP contribution >= 0.6 is 0 Å². The number of rotatable bonds is 4. The maximum Gasteiger partial charge on any atom is 0.337 e. The van der Waals surface area contributed by atoms with E-state index in [1.165, 1.54) is 17.8 Å². The summed E-state index contributed by atoms with van der Waals surface area (Å²) in [5.41, 5.74) is 7.14. The highest BCUT2D eigenvalue weighted by atomic mass is 16.5.